The van der Waals surface area contributed by atoms with Crippen LogP contribution in [0.4, 0.5) is 0 Å². The number of carboxylic acids is 2. The summed E-state index contributed by atoms with van der Waals surface area (Å²) in [5.74, 6) is -1.27. The van der Waals surface area contributed by atoms with Crippen molar-refractivity contribution in [1.82, 2.24) is 85.9 Å². The molecular formula is C66H168B2N26O17+2. The summed E-state index contributed by atoms with van der Waals surface area (Å²) in [4.78, 5) is 113. The maximum absolute atomic E-state index is 10.8. The normalized spacial score (nSPS) is 10.9. The highest BCUT2D eigenvalue weighted by Gasteiger charge is 2.17. The summed E-state index contributed by atoms with van der Waals surface area (Å²) in [5, 5.41) is 72.6. The number of nitrogens with two attached hydrogens (primary N) is 7. The Morgan fingerprint density at radius 2 is 0.973 bits per heavy atom. The van der Waals surface area contributed by atoms with E-state index in [1.165, 1.54) is 61.5 Å². The van der Waals surface area contributed by atoms with Crippen molar-refractivity contribution < 1.29 is 92.5 Å². The largest absolute Gasteiger partial charge is 0.481 e. The highest BCUT2D eigenvalue weighted by molar-refractivity contribution is 5.82. The van der Waals surface area contributed by atoms with E-state index in [-0.39, 0.29) is 116 Å². The minimum Gasteiger partial charge on any atom is -0.481 e. The van der Waals surface area contributed by atoms with Crippen LogP contribution in [-0.2, 0) is 57.4 Å². The van der Waals surface area contributed by atoms with Gasteiger partial charge in [0.25, 0.3) is 11.8 Å². The molecule has 668 valence electrons. The molecule has 0 aromatic carbocycles. The van der Waals surface area contributed by atoms with Gasteiger partial charge in [-0.3, -0.25) is 83.4 Å². The van der Waals surface area contributed by atoms with Crippen molar-refractivity contribution in [2.75, 3.05) is 188 Å². The molecule has 0 fully saturated rings. The number of aliphatic carboxylic acids is 2. The highest BCUT2D eigenvalue weighted by Crippen LogP contribution is 2.04. The molecule has 0 aliphatic carbocycles. The number of ether oxygens (including phenoxy) is 2. The van der Waals surface area contributed by atoms with Gasteiger partial charge in [-0.2, -0.15) is 0 Å². The number of unbranched alkanes of at least 4 members (excludes halogenated alkanes) is 2. The molecule has 0 saturated carbocycles. The smallest absolute Gasteiger partial charge is 0.320 e. The van der Waals surface area contributed by atoms with Crippen molar-refractivity contribution in [2.45, 2.75) is 163 Å². The van der Waals surface area contributed by atoms with E-state index in [1.54, 1.807) is 56.1 Å². The summed E-state index contributed by atoms with van der Waals surface area (Å²) in [6, 6.07) is -1.32. The molecule has 0 bridgehead atoms. The summed E-state index contributed by atoms with van der Waals surface area (Å²) in [6.45, 7) is 17.8. The lowest BCUT2D eigenvalue weighted by molar-refractivity contribution is -0.465. The summed E-state index contributed by atoms with van der Waals surface area (Å²) in [6.07, 6.45) is 5.54. The number of nitrogens with one attached hydrogen (secondary N) is 13. The lowest BCUT2D eigenvalue weighted by Crippen LogP contribution is -2.70. The van der Waals surface area contributed by atoms with Crippen LogP contribution in [0.5, 0.6) is 0 Å². The molecule has 0 rings (SSSR count). The Morgan fingerprint density at radius 1 is 0.604 bits per heavy atom. The van der Waals surface area contributed by atoms with Crippen LogP contribution in [0.3, 0.4) is 0 Å². The fraction of sp³-hybridized carbons (Fsp3) is 0.803. The molecule has 43 nitrogen and oxygen atoms in total. The van der Waals surface area contributed by atoms with E-state index in [1.807, 2.05) is 108 Å². The number of rotatable bonds is 28. The number of hydrogen-bond acceptors (Lipinski definition) is 28. The van der Waals surface area contributed by atoms with Gasteiger partial charge in [0, 0.05) is 148 Å². The van der Waals surface area contributed by atoms with Crippen molar-refractivity contribution in [3.8, 4) is 0 Å². The predicted molar refractivity (Wildman–Crippen MR) is 453 cm³/mol. The molecule has 0 saturated heterocycles. The number of likely N-dealkylation sites (N-methyl/N-ethyl adjacent to an activating group) is 3. The van der Waals surface area contributed by atoms with Gasteiger partial charge in [-0.05, 0) is 116 Å². The van der Waals surface area contributed by atoms with Crippen LogP contribution in [0.2, 0.25) is 0 Å². The molecule has 38 N–H and O–H groups in total. The zero-order valence-corrected chi connectivity index (χ0v) is 74.1. The maximum Gasteiger partial charge on any atom is 0.320 e. The Kier molecular flexibility index (Phi) is 169. The van der Waals surface area contributed by atoms with Crippen LogP contribution < -0.4 is 121 Å². The van der Waals surface area contributed by atoms with Crippen molar-refractivity contribution >= 4 is 94.0 Å². The maximum atomic E-state index is 10.8. The van der Waals surface area contributed by atoms with Gasteiger partial charge in [0.1, 0.15) is 6.04 Å². The number of amidine groups is 3. The minimum atomic E-state index is -1.28. The second kappa shape index (κ2) is 123. The van der Waals surface area contributed by atoms with E-state index < -0.39 is 48.6 Å². The number of carbonyl (C=O) groups is 10. The number of aliphatic imine (C=N–C) groups is 1. The third-order valence-electron chi connectivity index (χ3n) is 12.2. The van der Waals surface area contributed by atoms with Gasteiger partial charge in [-0.1, -0.05) is 19.8 Å². The van der Waals surface area contributed by atoms with E-state index in [0.717, 1.165) is 18.2 Å². The van der Waals surface area contributed by atoms with Gasteiger partial charge in [0.2, 0.25) is 47.6 Å². The Hall–Kier alpha value is -7.44. The first kappa shape index (κ1) is 152. The van der Waals surface area contributed by atoms with Gasteiger partial charge in [-0.15, -0.1) is 0 Å². The molecule has 0 spiro atoms. The summed E-state index contributed by atoms with van der Waals surface area (Å²) in [7, 11) is 38.3. The molecule has 0 aromatic rings. The van der Waals surface area contributed by atoms with Crippen LogP contribution in [0.25, 0.3) is 0 Å². The molecule has 111 heavy (non-hydrogen) atoms. The fourth-order valence-corrected chi connectivity index (χ4v) is 3.63. The first-order valence-electron chi connectivity index (χ1n) is 34.2. The van der Waals surface area contributed by atoms with Crippen LogP contribution in [0.1, 0.15) is 120 Å². The Morgan fingerprint density at radius 3 is 1.11 bits per heavy atom. The van der Waals surface area contributed by atoms with Crippen LogP contribution in [-0.4, -0.2) is 365 Å². The summed E-state index contributed by atoms with van der Waals surface area (Å²) in [5.41, 5.74) is 36.4. The van der Waals surface area contributed by atoms with Gasteiger partial charge in [0.15, 0.2) is 12.2 Å². The topological polar surface area (TPSA) is 723 Å². The molecule has 7 unspecified atom stereocenters. The van der Waals surface area contributed by atoms with Crippen molar-refractivity contribution in [3.05, 3.63) is 0 Å². The predicted octanol–water partition coefficient (Wildman–Crippen LogP) is -8.33. The molecule has 8 amide bonds. The number of hydrogen-bond donors (Lipinski definition) is 27. The van der Waals surface area contributed by atoms with Crippen molar-refractivity contribution in [2.24, 2.45) is 51.0 Å². The fourth-order valence-electron chi connectivity index (χ4n) is 3.63. The number of nitrogens with zero attached hydrogens (tertiary/aromatic N) is 4. The Balaban J connectivity index is -0.0000000483. The van der Waals surface area contributed by atoms with E-state index in [9.17, 15) is 43.2 Å². The highest BCUT2D eigenvalue weighted by atomic mass is 16.5. The van der Waals surface area contributed by atoms with Crippen LogP contribution in [0, 0.1) is 5.92 Å². The third kappa shape index (κ3) is 172. The second-order valence-electron chi connectivity index (χ2n) is 21.8. The first-order chi connectivity index (χ1) is 49.6. The van der Waals surface area contributed by atoms with E-state index in [0.29, 0.717) is 43.8 Å². The summed E-state index contributed by atoms with van der Waals surface area (Å²) < 4.78 is 11.4. The van der Waals surface area contributed by atoms with E-state index in [4.69, 9.17) is 79.9 Å². The van der Waals surface area contributed by atoms with Gasteiger partial charge in [0.05, 0.1) is 77.7 Å². The lowest BCUT2D eigenvalue weighted by atomic mass is 10.0. The van der Waals surface area contributed by atoms with Crippen molar-refractivity contribution in [1.29, 1.82) is 0 Å². The molecular weight excluding hydrogens is 1450 g/mol. The van der Waals surface area contributed by atoms with Gasteiger partial charge in [-0.25, -0.2) is 0 Å². The van der Waals surface area contributed by atoms with Gasteiger partial charge >= 0.3 is 11.9 Å². The molecule has 45 heteroatoms. The number of carbonyl (C=O) groups excluding carboxylic acids is 8. The molecule has 0 aliphatic heterocycles. The standard InChI is InChI=1S/C7H14N2O3.C6H12N2O3.C6H13NO3.C5H14N2.C5H11NO2.C5H13N.C4H10N2O.C4H12N2.C4H10N2.C4H12N2.C4H10N2.C4H9NO3.C3H8N2.C3H7NO.C2H5NO.2B.2H3N/c1-9-6(10)3-2-5(4-8)7(11)12;1-8-5(9)3-2-4(7)6(10)11;1-7-6(8)5(10-3)4-9-2;1-5(6-2)7(3)4;1-6-5(8)3-2-4-7;1-2-3-4-5-6;1-3(5)4(7)6-2;2*1-4(5)6(2)3;2*1-4(5-2)6-3;1-5-4(8)3(7)2-6;1-3(4)5-2;1-3(5)4-2;1-3-2-4;;;;/h5H,2-4,8H2,1H3,(H,9,10)(H,11,12);4H,2-3,7H2,1H3,(H,8,9)(H,10,11);5H,4H2,1-3H3,(H,7,8);5-6H,1-4H3;7H,2-4H2,1H3,(H,6,8);2-6H2,1H3;3H,5H2,1-2H3,(H,6,7);4H,5H2,1-3H3;5H,1-3H3;4-6H,1-3H3;1-3H3,(H,5,6);3,6-7H,2H2,1H3,(H,5,8);1-2H3,(H2,4,5);1-2H3,(H,4,5);2H,1H3,(H,3,4);;;2*1H3/p+2. The average molecular weight is 1620 g/mol. The SMILES string of the molecule is CC(N)=[N+](C)C.CC(N)N(C)C.CCCCCN.CN=C(C)N.CNC(=O)C(C)N.CNC(=O)C(COC)OC.CNC(=O)C(O)CO.CNC(=O)CCC(CN)C(=O)O.CNC(=O)CCC(N)C(=O)O.CNC(=O)CCCO.CNC(C)=O.CNC(C)=[NH+]C.CNC(C)N(C)C.CNC(C)NC.CNC=O.N.N.[B].[B]. The Labute approximate surface area is 672 Å². The third-order valence-corrected chi connectivity index (χ3v) is 12.2. The quantitative estimate of drug-likeness (QED) is 0.00658. The Bertz CT molecular complexity index is 2090. The number of methoxy groups -OCH3 is 2. The van der Waals surface area contributed by atoms with Gasteiger partial charge < -0.3 is 140 Å². The van der Waals surface area contributed by atoms with Crippen LogP contribution >= 0.6 is 0 Å². The molecule has 6 radical (unpaired) electrons. The van der Waals surface area contributed by atoms with Crippen molar-refractivity contribution in [3.63, 3.8) is 0 Å². The molecule has 7 atom stereocenters. The number of aliphatic hydroxyl groups excluding tert-OH is 3. The zero-order valence-electron chi connectivity index (χ0n) is 74.1. The first-order valence-corrected chi connectivity index (χ1v) is 34.2. The number of carboxylic acid groups (broad SMARTS) is 2. The second-order valence-corrected chi connectivity index (χ2v) is 21.8. The molecule has 0 heterocycles. The number of aliphatic hydroxyl groups is 3. The molecule has 0 aromatic heterocycles. The average Bonchev–Trinajstić information content (AvgIpc) is 0.988. The summed E-state index contributed by atoms with van der Waals surface area (Å²) >= 11 is 0. The van der Waals surface area contributed by atoms with E-state index in [2.05, 4.69) is 99.5 Å². The number of amides is 8. The van der Waals surface area contributed by atoms with E-state index >= 15 is 0 Å². The minimum absolute atomic E-state index is 0. The molecule has 0 aliphatic rings. The monoisotopic (exact) mass is 1620 g/mol. The lowest BCUT2D eigenvalue weighted by Gasteiger charge is -2.17. The zero-order chi connectivity index (χ0) is 88.2. The van der Waals surface area contributed by atoms with Crippen LogP contribution in [0.15, 0.2) is 4.99 Å².